The van der Waals surface area contributed by atoms with Crippen molar-refractivity contribution in [3.63, 3.8) is 0 Å². The van der Waals surface area contributed by atoms with Gasteiger partial charge in [-0.2, -0.15) is 23.4 Å². The number of nitriles is 1. The molecule has 0 radical (unpaired) electrons. The molecule has 0 unspecified atom stereocenters. The summed E-state index contributed by atoms with van der Waals surface area (Å²) in [7, 11) is 0. The van der Waals surface area contributed by atoms with Crippen molar-refractivity contribution in [2.75, 3.05) is 0 Å². The van der Waals surface area contributed by atoms with E-state index >= 15 is 0 Å². The summed E-state index contributed by atoms with van der Waals surface area (Å²) in [4.78, 5) is 15.3. The number of halogens is 3. The summed E-state index contributed by atoms with van der Waals surface area (Å²) >= 11 is 0. The molecule has 0 aliphatic carbocycles. The van der Waals surface area contributed by atoms with Crippen LogP contribution in [-0.4, -0.2) is 16.0 Å². The molecule has 0 spiro atoms. The number of hydrogen-bond donors (Lipinski definition) is 1. The van der Waals surface area contributed by atoms with Crippen molar-refractivity contribution in [2.45, 2.75) is 19.1 Å². The van der Waals surface area contributed by atoms with E-state index in [9.17, 15) is 18.0 Å². The predicted molar refractivity (Wildman–Crippen MR) is 91.4 cm³/mol. The minimum Gasteiger partial charge on any atom is -0.352 e. The first-order valence-corrected chi connectivity index (χ1v) is 8.11. The largest absolute Gasteiger partial charge is 0.471 e. The van der Waals surface area contributed by atoms with Crippen LogP contribution in [0.2, 0.25) is 0 Å². The van der Waals surface area contributed by atoms with Crippen molar-refractivity contribution < 1.29 is 22.5 Å². The van der Waals surface area contributed by atoms with E-state index in [1.807, 2.05) is 6.07 Å². The lowest BCUT2D eigenvalue weighted by Gasteiger charge is -2.06. The van der Waals surface area contributed by atoms with Crippen molar-refractivity contribution in [3.05, 3.63) is 71.1 Å². The average Bonchev–Trinajstić information content (AvgIpc) is 3.18. The summed E-state index contributed by atoms with van der Waals surface area (Å²) < 4.78 is 41.7. The second kappa shape index (κ2) is 7.92. The fourth-order valence-corrected chi connectivity index (χ4v) is 2.37. The van der Waals surface area contributed by atoms with Crippen molar-refractivity contribution in [3.8, 4) is 17.5 Å². The molecule has 0 fully saturated rings. The Balaban J connectivity index is 1.56. The number of carbonyl (C=O) groups is 1. The Hall–Kier alpha value is -3.67. The first-order valence-electron chi connectivity index (χ1n) is 8.11. The highest BCUT2D eigenvalue weighted by Gasteiger charge is 2.38. The van der Waals surface area contributed by atoms with Gasteiger partial charge in [-0.05, 0) is 23.3 Å². The quantitative estimate of drug-likeness (QED) is 0.725. The molecule has 0 saturated heterocycles. The van der Waals surface area contributed by atoms with Crippen LogP contribution in [0.4, 0.5) is 13.2 Å². The highest BCUT2D eigenvalue weighted by Crippen LogP contribution is 2.29. The SMILES string of the molecule is N#Cc1ccc(CC(=O)NCc2ccc(-c3noc(C(F)(F)F)n3)cc2)cc1. The molecule has 142 valence electrons. The summed E-state index contributed by atoms with van der Waals surface area (Å²) in [6.07, 6.45) is -4.52. The lowest BCUT2D eigenvalue weighted by Crippen LogP contribution is -2.24. The molecule has 2 aromatic carbocycles. The Morgan fingerprint density at radius 1 is 1.07 bits per heavy atom. The van der Waals surface area contributed by atoms with Crippen molar-refractivity contribution in [1.82, 2.24) is 15.5 Å². The normalized spacial score (nSPS) is 11.1. The zero-order chi connectivity index (χ0) is 20.1. The van der Waals surface area contributed by atoms with Gasteiger partial charge in [0.15, 0.2) is 0 Å². The van der Waals surface area contributed by atoms with Gasteiger partial charge in [-0.25, -0.2) is 0 Å². The lowest BCUT2D eigenvalue weighted by atomic mass is 10.1. The Morgan fingerprint density at radius 2 is 1.71 bits per heavy atom. The molecule has 9 heteroatoms. The van der Waals surface area contributed by atoms with Crippen LogP contribution < -0.4 is 5.32 Å². The van der Waals surface area contributed by atoms with Gasteiger partial charge in [0, 0.05) is 12.1 Å². The third-order valence-corrected chi connectivity index (χ3v) is 3.82. The molecule has 3 rings (SSSR count). The van der Waals surface area contributed by atoms with Crippen molar-refractivity contribution in [2.24, 2.45) is 0 Å². The minimum absolute atomic E-state index is 0.163. The number of hydrogen-bond acceptors (Lipinski definition) is 5. The maximum absolute atomic E-state index is 12.5. The first-order chi connectivity index (χ1) is 13.3. The van der Waals surface area contributed by atoms with Crippen molar-refractivity contribution in [1.29, 1.82) is 5.26 Å². The van der Waals surface area contributed by atoms with E-state index in [0.717, 1.165) is 11.1 Å². The summed E-state index contributed by atoms with van der Waals surface area (Å²) in [6.45, 7) is 0.259. The fourth-order valence-electron chi connectivity index (χ4n) is 2.37. The van der Waals surface area contributed by atoms with Gasteiger partial charge in [0.25, 0.3) is 0 Å². The standard InChI is InChI=1S/C19H13F3N4O2/c20-19(21,22)18-25-17(26-28-18)15-7-5-14(6-8-15)11-24-16(27)9-12-1-3-13(10-23)4-2-12/h1-8H,9,11H2,(H,24,27). The maximum Gasteiger partial charge on any atom is 0.471 e. The topological polar surface area (TPSA) is 91.8 Å². The monoisotopic (exact) mass is 386 g/mol. The van der Waals surface area contributed by atoms with Gasteiger partial charge >= 0.3 is 12.1 Å². The molecule has 0 atom stereocenters. The van der Waals surface area contributed by atoms with Crippen LogP contribution in [0.1, 0.15) is 22.6 Å². The molecule has 0 aliphatic heterocycles. The van der Waals surface area contributed by atoms with Crippen molar-refractivity contribution >= 4 is 5.91 Å². The Bertz CT molecular complexity index is 1000. The number of nitrogens with one attached hydrogen (secondary N) is 1. The van der Waals surface area contributed by atoms with E-state index in [-0.39, 0.29) is 24.7 Å². The van der Waals surface area contributed by atoms with E-state index in [0.29, 0.717) is 11.1 Å². The third kappa shape index (κ3) is 4.73. The molecular weight excluding hydrogens is 373 g/mol. The zero-order valence-electron chi connectivity index (χ0n) is 14.3. The molecule has 0 saturated carbocycles. The Labute approximate surface area is 157 Å². The first kappa shape index (κ1) is 19.1. The lowest BCUT2D eigenvalue weighted by molar-refractivity contribution is -0.159. The third-order valence-electron chi connectivity index (χ3n) is 3.82. The van der Waals surface area contributed by atoms with Crippen LogP contribution in [0.15, 0.2) is 53.1 Å². The van der Waals surface area contributed by atoms with Gasteiger partial charge < -0.3 is 9.84 Å². The number of rotatable bonds is 5. The van der Waals surface area contributed by atoms with E-state index < -0.39 is 12.1 Å². The Morgan fingerprint density at radius 3 is 2.29 bits per heavy atom. The van der Waals surface area contributed by atoms with Gasteiger partial charge in [0.2, 0.25) is 11.7 Å². The van der Waals surface area contributed by atoms with E-state index in [1.54, 1.807) is 48.5 Å². The highest BCUT2D eigenvalue weighted by molar-refractivity contribution is 5.78. The van der Waals surface area contributed by atoms with Gasteiger partial charge in [-0.1, -0.05) is 41.6 Å². The summed E-state index contributed by atoms with van der Waals surface area (Å²) in [5, 5.41) is 14.8. The molecule has 1 aromatic heterocycles. The molecule has 3 aromatic rings. The van der Waals surface area contributed by atoms with Gasteiger partial charge in [-0.3, -0.25) is 4.79 Å². The smallest absolute Gasteiger partial charge is 0.352 e. The number of nitrogens with zero attached hydrogens (tertiary/aromatic N) is 3. The molecule has 0 aliphatic rings. The number of carbonyl (C=O) groups excluding carboxylic acids is 1. The Kier molecular flexibility index (Phi) is 5.40. The van der Waals surface area contributed by atoms with Gasteiger partial charge in [0.1, 0.15) is 0 Å². The van der Waals surface area contributed by atoms with Crippen LogP contribution >= 0.6 is 0 Å². The summed E-state index contributed by atoms with van der Waals surface area (Å²) in [5.41, 5.74) is 2.43. The molecule has 6 nitrogen and oxygen atoms in total. The molecule has 1 amide bonds. The second-order valence-electron chi connectivity index (χ2n) is 5.88. The van der Waals surface area contributed by atoms with Crippen LogP contribution in [0.3, 0.4) is 0 Å². The van der Waals surface area contributed by atoms with E-state index in [2.05, 4.69) is 20.0 Å². The number of aromatic nitrogens is 2. The molecule has 1 heterocycles. The number of alkyl halides is 3. The minimum atomic E-state index is -4.69. The fraction of sp³-hybridized carbons (Fsp3) is 0.158. The molecular formula is C19H13F3N4O2. The van der Waals surface area contributed by atoms with Crippen LogP contribution in [-0.2, 0) is 23.9 Å². The highest BCUT2D eigenvalue weighted by atomic mass is 19.4. The van der Waals surface area contributed by atoms with Crippen LogP contribution in [0, 0.1) is 11.3 Å². The predicted octanol–water partition coefficient (Wildman–Crippen LogP) is 3.49. The molecule has 1 N–H and O–H groups in total. The molecule has 28 heavy (non-hydrogen) atoms. The number of amides is 1. The maximum atomic E-state index is 12.5. The second-order valence-corrected chi connectivity index (χ2v) is 5.88. The van der Waals surface area contributed by atoms with Crippen LogP contribution in [0.5, 0.6) is 0 Å². The van der Waals surface area contributed by atoms with Crippen LogP contribution in [0.25, 0.3) is 11.4 Å². The average molecular weight is 386 g/mol. The van der Waals surface area contributed by atoms with Gasteiger partial charge in [-0.15, -0.1) is 0 Å². The zero-order valence-corrected chi connectivity index (χ0v) is 14.3. The summed E-state index contributed by atoms with van der Waals surface area (Å²) in [6, 6.07) is 15.1. The van der Waals surface area contributed by atoms with E-state index in [1.165, 1.54) is 0 Å². The van der Waals surface area contributed by atoms with Gasteiger partial charge in [0.05, 0.1) is 18.1 Å². The summed E-state index contributed by atoms with van der Waals surface area (Å²) in [5.74, 6) is -1.76. The van der Waals surface area contributed by atoms with E-state index in [4.69, 9.17) is 5.26 Å². The molecule has 0 bridgehead atoms. The number of benzene rings is 2.